The van der Waals surface area contributed by atoms with Gasteiger partial charge in [0.2, 0.25) is 5.91 Å². The molecular weight excluding hydrogens is 286 g/mol. The number of hydrogen-bond acceptors (Lipinski definition) is 2. The lowest BCUT2D eigenvalue weighted by Gasteiger charge is -2.13. The molecule has 1 aliphatic carbocycles. The number of amides is 1. The van der Waals surface area contributed by atoms with Crippen molar-refractivity contribution in [3.8, 4) is 11.3 Å². The molecule has 0 radical (unpaired) electrons. The Morgan fingerprint density at radius 3 is 3.00 bits per heavy atom. The highest BCUT2D eigenvalue weighted by molar-refractivity contribution is 6.31. The Hall–Kier alpha value is -2.07. The number of anilines is 1. The summed E-state index contributed by atoms with van der Waals surface area (Å²) >= 11 is 6.04. The van der Waals surface area contributed by atoms with Crippen LogP contribution in [0.3, 0.4) is 0 Å². The first kappa shape index (κ1) is 13.9. The van der Waals surface area contributed by atoms with Gasteiger partial charge in [-0.15, -0.1) is 0 Å². The van der Waals surface area contributed by atoms with E-state index < -0.39 is 0 Å². The maximum absolute atomic E-state index is 11.6. The first-order chi connectivity index (χ1) is 10.2. The van der Waals surface area contributed by atoms with Crippen LogP contribution in [0.25, 0.3) is 11.3 Å². The molecule has 1 aromatic carbocycles. The monoisotopic (exact) mass is 301 g/mol. The van der Waals surface area contributed by atoms with Crippen LogP contribution >= 0.6 is 11.6 Å². The molecule has 3 rings (SSSR count). The van der Waals surface area contributed by atoms with E-state index in [1.807, 2.05) is 12.1 Å². The van der Waals surface area contributed by atoms with E-state index in [0.29, 0.717) is 10.7 Å². The zero-order valence-corrected chi connectivity index (χ0v) is 12.3. The predicted octanol–water partition coefficient (Wildman–Crippen LogP) is 3.73. The third-order valence-electron chi connectivity index (χ3n) is 3.74. The number of fused-ring (bicyclic) bond motifs is 1. The quantitative estimate of drug-likeness (QED) is 0.849. The molecule has 0 unspecified atom stereocenters. The van der Waals surface area contributed by atoms with E-state index in [-0.39, 0.29) is 5.91 Å². The number of rotatable bonds is 3. The molecule has 0 fully saturated rings. The fourth-order valence-corrected chi connectivity index (χ4v) is 2.89. The van der Waals surface area contributed by atoms with Crippen LogP contribution in [0.1, 0.15) is 24.1 Å². The predicted molar refractivity (Wildman–Crippen MR) is 84.5 cm³/mol. The summed E-state index contributed by atoms with van der Waals surface area (Å²) in [7, 11) is 0. The summed E-state index contributed by atoms with van der Waals surface area (Å²) in [5.74, 6) is -0.261. The molecule has 4 nitrogen and oxygen atoms in total. The van der Waals surface area contributed by atoms with E-state index in [9.17, 15) is 4.79 Å². The van der Waals surface area contributed by atoms with Gasteiger partial charge in [0.15, 0.2) is 0 Å². The SMILES string of the molecule is C=CC(=O)Nc1cc(Cl)ccc1-c1n[nH]c2c1CCCC2. The molecule has 2 N–H and O–H groups in total. The molecule has 1 aliphatic rings. The van der Waals surface area contributed by atoms with E-state index in [1.165, 1.54) is 30.2 Å². The maximum Gasteiger partial charge on any atom is 0.247 e. The highest BCUT2D eigenvalue weighted by Crippen LogP contribution is 2.35. The van der Waals surface area contributed by atoms with Gasteiger partial charge in [0.1, 0.15) is 0 Å². The minimum Gasteiger partial charge on any atom is -0.322 e. The fraction of sp³-hybridized carbons (Fsp3) is 0.250. The summed E-state index contributed by atoms with van der Waals surface area (Å²) < 4.78 is 0. The van der Waals surface area contributed by atoms with Crippen LogP contribution in [0, 0.1) is 0 Å². The van der Waals surface area contributed by atoms with Crippen molar-refractivity contribution in [2.75, 3.05) is 5.32 Å². The lowest BCUT2D eigenvalue weighted by atomic mass is 9.93. The number of aromatic nitrogens is 2. The Morgan fingerprint density at radius 1 is 1.38 bits per heavy atom. The third-order valence-corrected chi connectivity index (χ3v) is 3.97. The van der Waals surface area contributed by atoms with Crippen molar-refractivity contribution in [2.45, 2.75) is 25.7 Å². The molecule has 0 spiro atoms. The van der Waals surface area contributed by atoms with Gasteiger partial charge in [-0.05, 0) is 50.0 Å². The van der Waals surface area contributed by atoms with Crippen LogP contribution in [-0.2, 0) is 17.6 Å². The van der Waals surface area contributed by atoms with E-state index in [1.54, 1.807) is 6.07 Å². The van der Waals surface area contributed by atoms with Gasteiger partial charge in [0.05, 0.1) is 11.4 Å². The van der Waals surface area contributed by atoms with Crippen LogP contribution in [0.15, 0.2) is 30.9 Å². The minimum absolute atomic E-state index is 0.261. The second-order valence-electron chi connectivity index (χ2n) is 5.12. The maximum atomic E-state index is 11.6. The topological polar surface area (TPSA) is 57.8 Å². The largest absolute Gasteiger partial charge is 0.322 e. The zero-order valence-electron chi connectivity index (χ0n) is 11.6. The summed E-state index contributed by atoms with van der Waals surface area (Å²) in [6.07, 6.45) is 5.64. The smallest absolute Gasteiger partial charge is 0.247 e. The molecular formula is C16H16ClN3O. The Morgan fingerprint density at radius 2 is 2.19 bits per heavy atom. The van der Waals surface area contributed by atoms with Crippen LogP contribution in [0.2, 0.25) is 5.02 Å². The Balaban J connectivity index is 2.07. The number of aromatic amines is 1. The average Bonchev–Trinajstić information content (AvgIpc) is 2.91. The van der Waals surface area contributed by atoms with Crippen molar-refractivity contribution in [1.29, 1.82) is 0 Å². The van der Waals surface area contributed by atoms with Gasteiger partial charge in [-0.1, -0.05) is 18.2 Å². The van der Waals surface area contributed by atoms with Crippen LogP contribution in [0.5, 0.6) is 0 Å². The van der Waals surface area contributed by atoms with Crippen LogP contribution < -0.4 is 5.32 Å². The number of aryl methyl sites for hydroxylation is 1. The average molecular weight is 302 g/mol. The summed E-state index contributed by atoms with van der Waals surface area (Å²) in [5, 5.41) is 10.9. The molecule has 2 aromatic rings. The number of carbonyl (C=O) groups excluding carboxylic acids is 1. The Kier molecular flexibility index (Phi) is 3.80. The number of hydrogen-bond donors (Lipinski definition) is 2. The molecule has 0 saturated carbocycles. The van der Waals surface area contributed by atoms with Gasteiger partial charge in [-0.25, -0.2) is 0 Å². The van der Waals surface area contributed by atoms with E-state index in [0.717, 1.165) is 24.1 Å². The van der Waals surface area contributed by atoms with Crippen molar-refractivity contribution in [2.24, 2.45) is 0 Å². The third kappa shape index (κ3) is 2.72. The first-order valence-electron chi connectivity index (χ1n) is 6.98. The summed E-state index contributed by atoms with van der Waals surface area (Å²) in [6, 6.07) is 5.44. The highest BCUT2D eigenvalue weighted by atomic mass is 35.5. The van der Waals surface area contributed by atoms with E-state index in [4.69, 9.17) is 11.6 Å². The molecule has 1 aromatic heterocycles. The number of carbonyl (C=O) groups is 1. The van der Waals surface area contributed by atoms with Gasteiger partial charge in [0, 0.05) is 21.8 Å². The van der Waals surface area contributed by atoms with Gasteiger partial charge in [-0.2, -0.15) is 5.10 Å². The summed E-state index contributed by atoms with van der Waals surface area (Å²) in [4.78, 5) is 11.6. The number of nitrogens with zero attached hydrogens (tertiary/aromatic N) is 1. The molecule has 0 atom stereocenters. The second kappa shape index (κ2) is 5.74. The molecule has 0 bridgehead atoms. The number of H-pyrrole nitrogens is 1. The van der Waals surface area contributed by atoms with Gasteiger partial charge < -0.3 is 5.32 Å². The summed E-state index contributed by atoms with van der Waals surface area (Å²) in [5.41, 5.74) is 4.90. The molecule has 5 heteroatoms. The van der Waals surface area contributed by atoms with Gasteiger partial charge in [0.25, 0.3) is 0 Å². The Bertz CT molecular complexity index is 706. The number of halogens is 1. The van der Waals surface area contributed by atoms with Gasteiger partial charge in [-0.3, -0.25) is 9.89 Å². The van der Waals surface area contributed by atoms with E-state index in [2.05, 4.69) is 22.1 Å². The Labute approximate surface area is 128 Å². The van der Waals surface area contributed by atoms with Crippen molar-refractivity contribution in [1.82, 2.24) is 10.2 Å². The molecule has 21 heavy (non-hydrogen) atoms. The molecule has 108 valence electrons. The first-order valence-corrected chi connectivity index (χ1v) is 7.36. The molecule has 1 amide bonds. The highest BCUT2D eigenvalue weighted by Gasteiger charge is 2.20. The van der Waals surface area contributed by atoms with Crippen LogP contribution in [0.4, 0.5) is 5.69 Å². The van der Waals surface area contributed by atoms with E-state index >= 15 is 0 Å². The number of benzene rings is 1. The molecule has 0 aliphatic heterocycles. The fourth-order valence-electron chi connectivity index (χ4n) is 2.71. The van der Waals surface area contributed by atoms with Crippen molar-refractivity contribution in [3.05, 3.63) is 47.1 Å². The lowest BCUT2D eigenvalue weighted by Crippen LogP contribution is -2.09. The molecule has 0 saturated heterocycles. The van der Waals surface area contributed by atoms with Crippen molar-refractivity contribution < 1.29 is 4.79 Å². The second-order valence-corrected chi connectivity index (χ2v) is 5.56. The van der Waals surface area contributed by atoms with Gasteiger partial charge >= 0.3 is 0 Å². The summed E-state index contributed by atoms with van der Waals surface area (Å²) in [6.45, 7) is 3.48. The molecule has 1 heterocycles. The normalized spacial score (nSPS) is 13.6. The zero-order chi connectivity index (χ0) is 14.8. The van der Waals surface area contributed by atoms with Crippen molar-refractivity contribution in [3.63, 3.8) is 0 Å². The standard InChI is InChI=1S/C16H16ClN3O/c1-2-15(21)18-14-9-10(17)7-8-12(14)16-11-5-3-4-6-13(11)19-20-16/h2,7-9H,1,3-6H2,(H,18,21)(H,19,20). The minimum atomic E-state index is -0.261. The number of nitrogens with one attached hydrogen (secondary N) is 2. The van der Waals surface area contributed by atoms with Crippen molar-refractivity contribution >= 4 is 23.2 Å². The van der Waals surface area contributed by atoms with Crippen LogP contribution in [-0.4, -0.2) is 16.1 Å². The lowest BCUT2D eigenvalue weighted by molar-refractivity contribution is -0.111.